The van der Waals surface area contributed by atoms with Crippen LogP contribution in [-0.2, 0) is 17.6 Å². The molecule has 1 saturated heterocycles. The predicted molar refractivity (Wildman–Crippen MR) is 114 cm³/mol. The second kappa shape index (κ2) is 9.91. The first-order valence-electron chi connectivity index (χ1n) is 9.90. The third-order valence-electron chi connectivity index (χ3n) is 5.15. The fourth-order valence-electron chi connectivity index (χ4n) is 3.58. The maximum atomic E-state index is 13.1. The number of rotatable bonds is 7. The van der Waals surface area contributed by atoms with Crippen LogP contribution in [0.4, 0.5) is 0 Å². The van der Waals surface area contributed by atoms with Gasteiger partial charge < -0.3 is 19.3 Å². The molecule has 2 aromatic rings. The number of carbonyl (C=O) groups excluding carboxylic acids is 2. The smallest absolute Gasteiger partial charge is 0.254 e. The molecule has 1 aromatic carbocycles. The minimum atomic E-state index is -0.0851. The lowest BCUT2D eigenvalue weighted by Crippen LogP contribution is -2.51. The molecule has 0 spiro atoms. The number of ether oxygens (including phenoxy) is 2. The Hall–Kier alpha value is -3.35. The second-order valence-corrected chi connectivity index (χ2v) is 7.03. The number of amides is 2. The third-order valence-corrected chi connectivity index (χ3v) is 5.15. The molecule has 1 aromatic heterocycles. The highest BCUT2D eigenvalue weighted by atomic mass is 16.5. The number of pyridine rings is 1. The molecule has 0 N–H and O–H groups in total. The van der Waals surface area contributed by atoms with Crippen LogP contribution in [0.2, 0.25) is 0 Å². The second-order valence-electron chi connectivity index (χ2n) is 7.03. The molecule has 158 valence electrons. The first-order chi connectivity index (χ1) is 14.6. The van der Waals surface area contributed by atoms with Gasteiger partial charge in [0.05, 0.1) is 20.6 Å². The van der Waals surface area contributed by atoms with Crippen molar-refractivity contribution in [3.63, 3.8) is 0 Å². The Balaban J connectivity index is 1.67. The fourth-order valence-corrected chi connectivity index (χ4v) is 3.58. The van der Waals surface area contributed by atoms with Crippen LogP contribution in [0.25, 0.3) is 0 Å². The van der Waals surface area contributed by atoms with E-state index >= 15 is 0 Å². The van der Waals surface area contributed by atoms with E-state index in [2.05, 4.69) is 11.6 Å². The van der Waals surface area contributed by atoms with E-state index in [-0.39, 0.29) is 18.2 Å². The Bertz CT molecular complexity index is 906. The van der Waals surface area contributed by atoms with Gasteiger partial charge in [0.2, 0.25) is 5.91 Å². The van der Waals surface area contributed by atoms with Crippen LogP contribution in [-0.4, -0.2) is 67.0 Å². The first kappa shape index (κ1) is 21.4. The van der Waals surface area contributed by atoms with Crippen molar-refractivity contribution in [2.24, 2.45) is 0 Å². The number of aromatic nitrogens is 1. The van der Waals surface area contributed by atoms with Crippen molar-refractivity contribution >= 4 is 11.8 Å². The molecule has 2 amide bonds. The zero-order valence-corrected chi connectivity index (χ0v) is 17.5. The molecule has 0 radical (unpaired) electrons. The lowest BCUT2D eigenvalue weighted by molar-refractivity contribution is -0.132. The van der Waals surface area contributed by atoms with E-state index in [1.807, 2.05) is 24.3 Å². The van der Waals surface area contributed by atoms with E-state index in [9.17, 15) is 9.59 Å². The molecule has 0 atom stereocenters. The summed E-state index contributed by atoms with van der Waals surface area (Å²) in [7, 11) is 3.13. The van der Waals surface area contributed by atoms with Crippen LogP contribution >= 0.6 is 0 Å². The van der Waals surface area contributed by atoms with Gasteiger partial charge in [0.15, 0.2) is 11.5 Å². The number of hydrogen-bond acceptors (Lipinski definition) is 5. The van der Waals surface area contributed by atoms with Crippen molar-refractivity contribution in [1.82, 2.24) is 14.8 Å². The van der Waals surface area contributed by atoms with Gasteiger partial charge >= 0.3 is 0 Å². The molecule has 1 aliphatic heterocycles. The molecule has 3 rings (SSSR count). The molecule has 30 heavy (non-hydrogen) atoms. The zero-order valence-electron chi connectivity index (χ0n) is 17.5. The van der Waals surface area contributed by atoms with Crippen LogP contribution < -0.4 is 9.47 Å². The largest absolute Gasteiger partial charge is 0.493 e. The quantitative estimate of drug-likeness (QED) is 0.657. The molecule has 0 unspecified atom stereocenters. The topological polar surface area (TPSA) is 72.0 Å². The minimum absolute atomic E-state index is 0.0279. The highest BCUT2D eigenvalue weighted by Gasteiger charge is 2.26. The SMILES string of the molecule is C=CCc1cc(C(=O)N2CCN(C(=O)Cc3ccccn3)CC2)cc(OC)c1OC. The molecule has 7 heteroatoms. The van der Waals surface area contributed by atoms with Crippen molar-refractivity contribution in [2.45, 2.75) is 12.8 Å². The van der Waals surface area contributed by atoms with E-state index in [1.165, 1.54) is 0 Å². The van der Waals surface area contributed by atoms with Crippen molar-refractivity contribution in [3.05, 3.63) is 66.0 Å². The van der Waals surface area contributed by atoms with Gasteiger partial charge in [0, 0.05) is 49.2 Å². The van der Waals surface area contributed by atoms with Crippen molar-refractivity contribution in [2.75, 3.05) is 40.4 Å². The molecule has 1 fully saturated rings. The van der Waals surface area contributed by atoms with Gasteiger partial charge in [-0.3, -0.25) is 14.6 Å². The average Bonchev–Trinajstić information content (AvgIpc) is 2.79. The maximum absolute atomic E-state index is 13.1. The van der Waals surface area contributed by atoms with Crippen LogP contribution in [0.5, 0.6) is 11.5 Å². The maximum Gasteiger partial charge on any atom is 0.254 e. The van der Waals surface area contributed by atoms with Crippen LogP contribution in [0.15, 0.2) is 49.2 Å². The number of nitrogens with zero attached hydrogens (tertiary/aromatic N) is 3. The summed E-state index contributed by atoms with van der Waals surface area (Å²) in [5.41, 5.74) is 2.14. The minimum Gasteiger partial charge on any atom is -0.493 e. The number of carbonyl (C=O) groups is 2. The Kier molecular flexibility index (Phi) is 7.06. The monoisotopic (exact) mass is 409 g/mol. The first-order valence-corrected chi connectivity index (χ1v) is 9.90. The number of methoxy groups -OCH3 is 2. The summed E-state index contributed by atoms with van der Waals surface area (Å²) in [6.07, 6.45) is 4.28. The molecular formula is C23H27N3O4. The molecule has 0 bridgehead atoms. The van der Waals surface area contributed by atoms with Gasteiger partial charge in [-0.15, -0.1) is 6.58 Å². The van der Waals surface area contributed by atoms with Gasteiger partial charge in [-0.25, -0.2) is 0 Å². The summed E-state index contributed by atoms with van der Waals surface area (Å²) in [6, 6.07) is 9.06. The Labute approximate surface area is 176 Å². The number of benzene rings is 1. The summed E-state index contributed by atoms with van der Waals surface area (Å²) in [5.74, 6) is 1.07. The summed E-state index contributed by atoms with van der Waals surface area (Å²) in [5, 5.41) is 0. The Morgan fingerprint density at radius 2 is 1.83 bits per heavy atom. The highest BCUT2D eigenvalue weighted by Crippen LogP contribution is 2.33. The standard InChI is InChI=1S/C23H27N3O4/c1-4-7-17-14-18(15-20(29-2)22(17)30-3)23(28)26-12-10-25(11-13-26)21(27)16-19-8-5-6-9-24-19/h4-6,8-9,14-15H,1,7,10-13,16H2,2-3H3. The summed E-state index contributed by atoms with van der Waals surface area (Å²) in [4.78, 5) is 33.4. The van der Waals surface area contributed by atoms with E-state index in [4.69, 9.17) is 9.47 Å². The number of hydrogen-bond donors (Lipinski definition) is 0. The number of piperazine rings is 1. The summed E-state index contributed by atoms with van der Waals surface area (Å²) >= 11 is 0. The Morgan fingerprint density at radius 3 is 2.43 bits per heavy atom. The van der Waals surface area contributed by atoms with E-state index in [0.717, 1.165) is 11.3 Å². The fraction of sp³-hybridized carbons (Fsp3) is 0.348. The van der Waals surface area contributed by atoms with Gasteiger partial charge in [-0.1, -0.05) is 12.1 Å². The predicted octanol–water partition coefficient (Wildman–Crippen LogP) is 2.35. The Morgan fingerprint density at radius 1 is 1.10 bits per heavy atom. The van der Waals surface area contributed by atoms with Crippen molar-refractivity contribution < 1.29 is 19.1 Å². The van der Waals surface area contributed by atoms with Crippen LogP contribution in [0.3, 0.4) is 0 Å². The van der Waals surface area contributed by atoms with Gasteiger partial charge in [0.25, 0.3) is 5.91 Å². The molecule has 2 heterocycles. The van der Waals surface area contributed by atoms with Crippen LogP contribution in [0, 0.1) is 0 Å². The molecular weight excluding hydrogens is 382 g/mol. The van der Waals surface area contributed by atoms with Gasteiger partial charge in [-0.05, 0) is 30.7 Å². The highest BCUT2D eigenvalue weighted by molar-refractivity contribution is 5.95. The van der Waals surface area contributed by atoms with Gasteiger partial charge in [0.1, 0.15) is 0 Å². The summed E-state index contributed by atoms with van der Waals surface area (Å²) in [6.45, 7) is 5.75. The molecule has 7 nitrogen and oxygen atoms in total. The van der Waals surface area contributed by atoms with Crippen molar-refractivity contribution in [1.29, 1.82) is 0 Å². The van der Waals surface area contributed by atoms with Crippen LogP contribution in [0.1, 0.15) is 21.6 Å². The van der Waals surface area contributed by atoms with Crippen molar-refractivity contribution in [3.8, 4) is 11.5 Å². The average molecular weight is 409 g/mol. The van der Waals surface area contributed by atoms with E-state index < -0.39 is 0 Å². The zero-order chi connectivity index (χ0) is 21.5. The number of allylic oxidation sites excluding steroid dienone is 1. The van der Waals surface area contributed by atoms with Gasteiger partial charge in [-0.2, -0.15) is 0 Å². The lowest BCUT2D eigenvalue weighted by atomic mass is 10.0. The normalized spacial score (nSPS) is 13.7. The van der Waals surface area contributed by atoms with E-state index in [1.54, 1.807) is 42.4 Å². The molecule has 0 saturated carbocycles. The molecule has 0 aliphatic carbocycles. The molecule has 1 aliphatic rings. The lowest BCUT2D eigenvalue weighted by Gasteiger charge is -2.35. The summed E-state index contributed by atoms with van der Waals surface area (Å²) < 4.78 is 10.9. The van der Waals surface area contributed by atoms with E-state index in [0.29, 0.717) is 49.7 Å². The third kappa shape index (κ3) is 4.79.